The van der Waals surface area contributed by atoms with E-state index in [4.69, 9.17) is 4.74 Å². The fraction of sp³-hybridized carbons (Fsp3) is 0.385. The standard InChI is InChI=1S/C26H30N4O3S/c1-26(2,3)33-25(32)29-21-8-7-19(18-9-11-27-12-10-18)15-20(21)16-22(31)24-28-17-23(34-24)30-13-5-4-6-14-30/h7-12,15,17H,4-6,13-14,16H2,1-3H3,(H,29,32). The van der Waals surface area contributed by atoms with Crippen molar-refractivity contribution < 1.29 is 14.3 Å². The van der Waals surface area contributed by atoms with Crippen LogP contribution >= 0.6 is 11.3 Å². The maximum Gasteiger partial charge on any atom is 0.412 e. The molecule has 0 atom stereocenters. The summed E-state index contributed by atoms with van der Waals surface area (Å²) in [6.07, 6.45) is 8.41. The zero-order valence-corrected chi connectivity index (χ0v) is 20.7. The largest absolute Gasteiger partial charge is 0.444 e. The first kappa shape index (κ1) is 23.9. The Morgan fingerprint density at radius 1 is 1.06 bits per heavy atom. The fourth-order valence-electron chi connectivity index (χ4n) is 3.90. The lowest BCUT2D eigenvalue weighted by molar-refractivity contribution is 0.0635. The first-order chi connectivity index (χ1) is 16.3. The number of carbonyl (C=O) groups is 2. The van der Waals surface area contributed by atoms with E-state index in [1.54, 1.807) is 18.6 Å². The summed E-state index contributed by atoms with van der Waals surface area (Å²) in [5.74, 6) is -0.0765. The second kappa shape index (κ2) is 10.3. The molecule has 4 rings (SSSR count). The number of Topliss-reactive ketones (excluding diaryl/α,β-unsaturated/α-hetero) is 1. The quantitative estimate of drug-likeness (QED) is 0.440. The average molecular weight is 479 g/mol. The molecule has 3 heterocycles. The summed E-state index contributed by atoms with van der Waals surface area (Å²) in [5, 5.41) is 4.34. The molecular formula is C26H30N4O3S. The number of ketones is 1. The molecule has 34 heavy (non-hydrogen) atoms. The third-order valence-corrected chi connectivity index (χ3v) is 6.60. The van der Waals surface area contributed by atoms with E-state index < -0.39 is 11.7 Å². The predicted molar refractivity (Wildman–Crippen MR) is 136 cm³/mol. The van der Waals surface area contributed by atoms with Crippen molar-refractivity contribution in [2.24, 2.45) is 0 Å². The van der Waals surface area contributed by atoms with Gasteiger partial charge in [0.2, 0.25) is 0 Å². The van der Waals surface area contributed by atoms with Gasteiger partial charge in [-0.15, -0.1) is 0 Å². The summed E-state index contributed by atoms with van der Waals surface area (Å²) in [7, 11) is 0. The van der Waals surface area contributed by atoms with Gasteiger partial charge in [0.05, 0.1) is 6.20 Å². The minimum absolute atomic E-state index is 0.0765. The van der Waals surface area contributed by atoms with Gasteiger partial charge in [-0.2, -0.15) is 0 Å². The maximum absolute atomic E-state index is 13.2. The number of anilines is 2. The van der Waals surface area contributed by atoms with E-state index in [-0.39, 0.29) is 12.2 Å². The van der Waals surface area contributed by atoms with Crippen LogP contribution in [0.3, 0.4) is 0 Å². The Balaban J connectivity index is 1.58. The number of nitrogens with one attached hydrogen (secondary N) is 1. The van der Waals surface area contributed by atoms with Gasteiger partial charge in [-0.1, -0.05) is 17.4 Å². The monoisotopic (exact) mass is 478 g/mol. The number of amides is 1. The first-order valence-corrected chi connectivity index (χ1v) is 12.4. The number of nitrogens with zero attached hydrogens (tertiary/aromatic N) is 3. The first-order valence-electron chi connectivity index (χ1n) is 11.6. The van der Waals surface area contributed by atoms with E-state index in [2.05, 4.69) is 20.2 Å². The van der Waals surface area contributed by atoms with E-state index in [1.165, 1.54) is 30.6 Å². The molecule has 2 aromatic heterocycles. The van der Waals surface area contributed by atoms with Crippen LogP contribution < -0.4 is 10.2 Å². The van der Waals surface area contributed by atoms with Gasteiger partial charge in [0, 0.05) is 37.6 Å². The Hall–Kier alpha value is -3.26. The molecular weight excluding hydrogens is 448 g/mol. The van der Waals surface area contributed by atoms with E-state index >= 15 is 0 Å². The van der Waals surface area contributed by atoms with Crippen molar-refractivity contribution in [1.29, 1.82) is 0 Å². The minimum Gasteiger partial charge on any atom is -0.444 e. The smallest absolute Gasteiger partial charge is 0.412 e. The number of aromatic nitrogens is 2. The molecule has 0 saturated carbocycles. The summed E-state index contributed by atoms with van der Waals surface area (Å²) in [4.78, 5) is 36.4. The molecule has 1 aromatic carbocycles. The summed E-state index contributed by atoms with van der Waals surface area (Å²) in [6.45, 7) is 7.45. The molecule has 0 radical (unpaired) electrons. The van der Waals surface area contributed by atoms with Gasteiger partial charge in [0.1, 0.15) is 10.6 Å². The lowest BCUT2D eigenvalue weighted by Crippen LogP contribution is -2.28. The minimum atomic E-state index is -0.622. The van der Waals surface area contributed by atoms with Crippen LogP contribution in [0.4, 0.5) is 15.5 Å². The Kier molecular flexibility index (Phi) is 7.26. The van der Waals surface area contributed by atoms with Crippen LogP contribution in [0.1, 0.15) is 55.4 Å². The van der Waals surface area contributed by atoms with Gasteiger partial charge in [0.15, 0.2) is 10.8 Å². The average Bonchev–Trinajstić information content (AvgIpc) is 3.31. The molecule has 1 amide bonds. The Bertz CT molecular complexity index is 1150. The molecule has 8 heteroatoms. The number of pyridine rings is 1. The van der Waals surface area contributed by atoms with Gasteiger partial charge < -0.3 is 9.64 Å². The number of carbonyl (C=O) groups excluding carboxylic acids is 2. The van der Waals surface area contributed by atoms with Crippen molar-refractivity contribution in [2.45, 2.75) is 52.1 Å². The van der Waals surface area contributed by atoms with Crippen LogP contribution in [0.5, 0.6) is 0 Å². The highest BCUT2D eigenvalue weighted by Crippen LogP contribution is 2.30. The van der Waals surface area contributed by atoms with Gasteiger partial charge >= 0.3 is 6.09 Å². The van der Waals surface area contributed by atoms with Crippen LogP contribution in [0.2, 0.25) is 0 Å². The van der Waals surface area contributed by atoms with Gasteiger partial charge in [-0.25, -0.2) is 9.78 Å². The van der Waals surface area contributed by atoms with Crippen molar-refractivity contribution in [3.05, 3.63) is 59.5 Å². The number of piperidine rings is 1. The second-order valence-electron chi connectivity index (χ2n) is 9.39. The number of benzene rings is 1. The van der Waals surface area contributed by atoms with E-state index in [0.717, 1.165) is 29.2 Å². The van der Waals surface area contributed by atoms with Crippen molar-refractivity contribution in [1.82, 2.24) is 9.97 Å². The normalized spacial score (nSPS) is 14.0. The number of hydrogen-bond donors (Lipinski definition) is 1. The molecule has 0 aliphatic carbocycles. The lowest BCUT2D eigenvalue weighted by Gasteiger charge is -2.26. The number of hydrogen-bond acceptors (Lipinski definition) is 7. The third kappa shape index (κ3) is 6.20. The second-order valence-corrected chi connectivity index (χ2v) is 10.4. The van der Waals surface area contributed by atoms with Crippen molar-refractivity contribution in [3.63, 3.8) is 0 Å². The molecule has 0 unspecified atom stereocenters. The Morgan fingerprint density at radius 2 is 1.79 bits per heavy atom. The van der Waals surface area contributed by atoms with Crippen LogP contribution in [-0.4, -0.2) is 40.5 Å². The zero-order chi connectivity index (χ0) is 24.1. The maximum atomic E-state index is 13.2. The predicted octanol–water partition coefficient (Wildman–Crippen LogP) is 5.97. The van der Waals surface area contributed by atoms with Crippen molar-refractivity contribution >= 4 is 33.9 Å². The zero-order valence-electron chi connectivity index (χ0n) is 19.8. The van der Waals surface area contributed by atoms with Crippen LogP contribution in [0.25, 0.3) is 11.1 Å². The number of ether oxygens (including phenoxy) is 1. The summed E-state index contributed by atoms with van der Waals surface area (Å²) < 4.78 is 5.41. The Morgan fingerprint density at radius 3 is 2.50 bits per heavy atom. The molecule has 3 aromatic rings. The summed E-state index contributed by atoms with van der Waals surface area (Å²) in [6, 6.07) is 9.47. The summed E-state index contributed by atoms with van der Waals surface area (Å²) in [5.41, 5.74) is 2.55. The molecule has 7 nitrogen and oxygen atoms in total. The SMILES string of the molecule is CC(C)(C)OC(=O)Nc1ccc(-c2ccncc2)cc1CC(=O)c1ncc(N2CCCCC2)s1. The fourth-order valence-corrected chi connectivity index (χ4v) is 4.81. The van der Waals surface area contributed by atoms with E-state index in [1.807, 2.05) is 51.1 Å². The lowest BCUT2D eigenvalue weighted by atomic mass is 9.99. The highest BCUT2D eigenvalue weighted by Gasteiger charge is 2.21. The van der Waals surface area contributed by atoms with Crippen LogP contribution in [-0.2, 0) is 11.2 Å². The molecule has 1 N–H and O–H groups in total. The van der Waals surface area contributed by atoms with Crippen LogP contribution in [0.15, 0.2) is 48.9 Å². The van der Waals surface area contributed by atoms with Crippen molar-refractivity contribution in [3.8, 4) is 11.1 Å². The molecule has 1 fully saturated rings. The number of thiazole rings is 1. The van der Waals surface area contributed by atoms with Gasteiger partial charge in [-0.05, 0) is 81.0 Å². The van der Waals surface area contributed by atoms with Gasteiger partial charge in [0.25, 0.3) is 0 Å². The van der Waals surface area contributed by atoms with E-state index in [9.17, 15) is 9.59 Å². The number of rotatable bonds is 6. The molecule has 1 aliphatic rings. The van der Waals surface area contributed by atoms with E-state index in [0.29, 0.717) is 16.3 Å². The van der Waals surface area contributed by atoms with Gasteiger partial charge in [-0.3, -0.25) is 15.1 Å². The van der Waals surface area contributed by atoms with Crippen LogP contribution in [0, 0.1) is 0 Å². The third-order valence-electron chi connectivity index (χ3n) is 5.51. The molecule has 0 spiro atoms. The summed E-state index contributed by atoms with van der Waals surface area (Å²) >= 11 is 1.44. The molecule has 1 aliphatic heterocycles. The Labute approximate surface area is 204 Å². The highest BCUT2D eigenvalue weighted by atomic mass is 32.1. The molecule has 0 bridgehead atoms. The molecule has 178 valence electrons. The van der Waals surface area contributed by atoms with Crippen molar-refractivity contribution in [2.75, 3.05) is 23.3 Å². The topological polar surface area (TPSA) is 84.4 Å². The highest BCUT2D eigenvalue weighted by molar-refractivity contribution is 7.17. The molecule has 1 saturated heterocycles.